The molecule has 1 aliphatic rings. The number of benzene rings is 1. The first-order valence-corrected chi connectivity index (χ1v) is 6.85. The maximum Gasteiger partial charge on any atom is 0.0991 e. The zero-order chi connectivity index (χ0) is 13.7. The van der Waals surface area contributed by atoms with Gasteiger partial charge in [-0.3, -0.25) is 4.90 Å². The number of nitrogens with zero attached hydrogens (tertiary/aromatic N) is 3. The summed E-state index contributed by atoms with van der Waals surface area (Å²) in [6.07, 6.45) is -0.471. The van der Waals surface area contributed by atoms with Crippen molar-refractivity contribution in [2.45, 2.75) is 13.0 Å². The van der Waals surface area contributed by atoms with Crippen LogP contribution in [0, 0.1) is 11.3 Å². The van der Waals surface area contributed by atoms with Gasteiger partial charge in [0.25, 0.3) is 0 Å². The van der Waals surface area contributed by atoms with Crippen molar-refractivity contribution in [3.05, 3.63) is 35.4 Å². The van der Waals surface area contributed by atoms with Crippen molar-refractivity contribution in [3.8, 4) is 6.07 Å². The summed E-state index contributed by atoms with van der Waals surface area (Å²) in [4.78, 5) is 4.72. The molecule has 0 bridgehead atoms. The van der Waals surface area contributed by atoms with Crippen LogP contribution in [0.4, 0.5) is 0 Å². The Balaban J connectivity index is 1.87. The largest absolute Gasteiger partial charge is 0.387 e. The minimum atomic E-state index is -0.471. The number of piperazine rings is 1. The Hall–Kier alpha value is -1.41. The summed E-state index contributed by atoms with van der Waals surface area (Å²) in [7, 11) is 0. The fourth-order valence-electron chi connectivity index (χ4n) is 2.42. The minimum absolute atomic E-state index is 0.471. The molecular weight excluding hydrogens is 238 g/mol. The Bertz CT molecular complexity index is 430. The smallest absolute Gasteiger partial charge is 0.0991 e. The highest BCUT2D eigenvalue weighted by molar-refractivity contribution is 5.32. The molecule has 0 amide bonds. The van der Waals surface area contributed by atoms with Crippen LogP contribution in [0.3, 0.4) is 0 Å². The SMILES string of the molecule is CCN1CCN(CC(O)c2ccc(C#N)cc2)CC1. The Morgan fingerprint density at radius 1 is 1.16 bits per heavy atom. The lowest BCUT2D eigenvalue weighted by Gasteiger charge is -2.35. The van der Waals surface area contributed by atoms with Gasteiger partial charge in [-0.05, 0) is 24.2 Å². The molecule has 2 rings (SSSR count). The molecular formula is C15H21N3O. The fourth-order valence-corrected chi connectivity index (χ4v) is 2.42. The van der Waals surface area contributed by atoms with E-state index in [1.165, 1.54) is 0 Å². The molecule has 0 aromatic heterocycles. The average Bonchev–Trinajstić information content (AvgIpc) is 2.48. The van der Waals surface area contributed by atoms with E-state index in [1.54, 1.807) is 12.1 Å². The normalized spacial score (nSPS) is 19.0. The van der Waals surface area contributed by atoms with Gasteiger partial charge in [0.2, 0.25) is 0 Å². The number of hydrogen-bond acceptors (Lipinski definition) is 4. The average molecular weight is 259 g/mol. The van der Waals surface area contributed by atoms with Gasteiger partial charge in [0.05, 0.1) is 17.7 Å². The zero-order valence-corrected chi connectivity index (χ0v) is 11.4. The van der Waals surface area contributed by atoms with Crippen molar-refractivity contribution in [1.29, 1.82) is 5.26 Å². The summed E-state index contributed by atoms with van der Waals surface area (Å²) >= 11 is 0. The molecule has 19 heavy (non-hydrogen) atoms. The van der Waals surface area contributed by atoms with E-state index < -0.39 is 6.10 Å². The van der Waals surface area contributed by atoms with Gasteiger partial charge in [0.15, 0.2) is 0 Å². The van der Waals surface area contributed by atoms with Crippen molar-refractivity contribution >= 4 is 0 Å². The van der Waals surface area contributed by atoms with E-state index in [2.05, 4.69) is 22.8 Å². The second kappa shape index (κ2) is 6.67. The van der Waals surface area contributed by atoms with E-state index in [1.807, 2.05) is 12.1 Å². The van der Waals surface area contributed by atoms with Gasteiger partial charge in [0.1, 0.15) is 0 Å². The van der Waals surface area contributed by atoms with Crippen LogP contribution in [0.5, 0.6) is 0 Å². The minimum Gasteiger partial charge on any atom is -0.387 e. The molecule has 1 unspecified atom stereocenters. The predicted molar refractivity (Wildman–Crippen MR) is 74.7 cm³/mol. The number of nitriles is 1. The number of likely N-dealkylation sites (N-methyl/N-ethyl adjacent to an activating group) is 1. The zero-order valence-electron chi connectivity index (χ0n) is 11.4. The molecule has 1 fully saturated rings. The lowest BCUT2D eigenvalue weighted by atomic mass is 10.1. The van der Waals surface area contributed by atoms with E-state index in [4.69, 9.17) is 5.26 Å². The first-order chi connectivity index (χ1) is 9.22. The van der Waals surface area contributed by atoms with E-state index in [0.29, 0.717) is 12.1 Å². The molecule has 4 nitrogen and oxygen atoms in total. The molecule has 1 saturated heterocycles. The van der Waals surface area contributed by atoms with Crippen LogP contribution in [0.2, 0.25) is 0 Å². The van der Waals surface area contributed by atoms with Crippen molar-refractivity contribution in [1.82, 2.24) is 9.80 Å². The summed E-state index contributed by atoms with van der Waals surface area (Å²) in [5.41, 5.74) is 1.52. The maximum absolute atomic E-state index is 10.2. The third kappa shape index (κ3) is 3.77. The van der Waals surface area contributed by atoms with Crippen LogP contribution in [-0.2, 0) is 0 Å². The number of β-amino-alcohol motifs (C(OH)–C–C–N with tert-alkyl or cyclic N) is 1. The summed E-state index contributed by atoms with van der Waals surface area (Å²) in [5, 5.41) is 19.0. The summed E-state index contributed by atoms with van der Waals surface area (Å²) < 4.78 is 0. The molecule has 1 heterocycles. The quantitative estimate of drug-likeness (QED) is 0.883. The molecule has 1 atom stereocenters. The Kier molecular flexibility index (Phi) is 4.92. The first kappa shape index (κ1) is 14.0. The van der Waals surface area contributed by atoms with Crippen LogP contribution < -0.4 is 0 Å². The van der Waals surface area contributed by atoms with Crippen LogP contribution in [0.15, 0.2) is 24.3 Å². The van der Waals surface area contributed by atoms with Crippen molar-refractivity contribution in [2.24, 2.45) is 0 Å². The van der Waals surface area contributed by atoms with Gasteiger partial charge >= 0.3 is 0 Å². The molecule has 102 valence electrons. The van der Waals surface area contributed by atoms with Gasteiger partial charge < -0.3 is 10.0 Å². The molecule has 1 aliphatic heterocycles. The second-order valence-electron chi connectivity index (χ2n) is 4.98. The topological polar surface area (TPSA) is 50.5 Å². The lowest BCUT2D eigenvalue weighted by Crippen LogP contribution is -2.47. The number of hydrogen-bond donors (Lipinski definition) is 1. The third-order valence-corrected chi connectivity index (χ3v) is 3.77. The highest BCUT2D eigenvalue weighted by Crippen LogP contribution is 2.16. The van der Waals surface area contributed by atoms with E-state index in [9.17, 15) is 5.11 Å². The van der Waals surface area contributed by atoms with Gasteiger partial charge in [-0.25, -0.2) is 0 Å². The lowest BCUT2D eigenvalue weighted by molar-refractivity contribution is 0.0744. The van der Waals surface area contributed by atoms with Crippen molar-refractivity contribution < 1.29 is 5.11 Å². The van der Waals surface area contributed by atoms with E-state index in [0.717, 1.165) is 38.3 Å². The van der Waals surface area contributed by atoms with Gasteiger partial charge in [-0.2, -0.15) is 5.26 Å². The molecule has 4 heteroatoms. The Morgan fingerprint density at radius 2 is 1.74 bits per heavy atom. The first-order valence-electron chi connectivity index (χ1n) is 6.85. The molecule has 1 aromatic carbocycles. The highest BCUT2D eigenvalue weighted by atomic mass is 16.3. The number of aliphatic hydroxyl groups excluding tert-OH is 1. The molecule has 0 spiro atoms. The molecule has 1 N–H and O–H groups in total. The van der Waals surface area contributed by atoms with Crippen LogP contribution in [-0.4, -0.2) is 54.2 Å². The standard InChI is InChI=1S/C15H21N3O/c1-2-17-7-9-18(10-8-17)12-15(19)14-5-3-13(11-16)4-6-14/h3-6,15,19H,2,7-10,12H2,1H3. The predicted octanol–water partition coefficient (Wildman–Crippen LogP) is 1.23. The number of aliphatic hydroxyl groups is 1. The van der Waals surface area contributed by atoms with E-state index >= 15 is 0 Å². The van der Waals surface area contributed by atoms with E-state index in [-0.39, 0.29) is 0 Å². The summed E-state index contributed by atoms with van der Waals surface area (Å²) in [6.45, 7) is 8.15. The molecule has 0 aliphatic carbocycles. The van der Waals surface area contributed by atoms with Gasteiger partial charge in [-0.1, -0.05) is 19.1 Å². The van der Waals surface area contributed by atoms with Crippen LogP contribution >= 0.6 is 0 Å². The maximum atomic E-state index is 10.2. The fraction of sp³-hybridized carbons (Fsp3) is 0.533. The van der Waals surface area contributed by atoms with Crippen molar-refractivity contribution in [3.63, 3.8) is 0 Å². The van der Waals surface area contributed by atoms with Crippen LogP contribution in [0.25, 0.3) is 0 Å². The summed E-state index contributed by atoms with van der Waals surface area (Å²) in [6, 6.07) is 9.28. The molecule has 1 aromatic rings. The van der Waals surface area contributed by atoms with Gasteiger partial charge in [0, 0.05) is 32.7 Å². The molecule has 0 radical (unpaired) electrons. The second-order valence-corrected chi connectivity index (χ2v) is 4.98. The summed E-state index contributed by atoms with van der Waals surface area (Å²) in [5.74, 6) is 0. The third-order valence-electron chi connectivity index (χ3n) is 3.77. The molecule has 0 saturated carbocycles. The monoisotopic (exact) mass is 259 g/mol. The van der Waals surface area contributed by atoms with Crippen molar-refractivity contribution in [2.75, 3.05) is 39.3 Å². The number of rotatable bonds is 4. The highest BCUT2D eigenvalue weighted by Gasteiger charge is 2.18. The Labute approximate surface area is 114 Å². The van der Waals surface area contributed by atoms with Gasteiger partial charge in [-0.15, -0.1) is 0 Å². The Morgan fingerprint density at radius 3 is 2.26 bits per heavy atom. The van der Waals surface area contributed by atoms with Crippen LogP contribution in [0.1, 0.15) is 24.2 Å².